The molecule has 1 aromatic heterocycles. The van der Waals surface area contributed by atoms with Gasteiger partial charge in [-0.2, -0.15) is 0 Å². The van der Waals surface area contributed by atoms with Crippen molar-refractivity contribution in [3.8, 4) is 5.75 Å². The number of nitrogens with one attached hydrogen (secondary N) is 1. The Kier molecular flexibility index (Phi) is 6.81. The highest BCUT2D eigenvalue weighted by atomic mass is 32.1. The Hall–Kier alpha value is -3.12. The monoisotopic (exact) mass is 395 g/mol. The molecular formula is C22H21NO4S. The van der Waals surface area contributed by atoms with Crippen LogP contribution in [0, 0.1) is 0 Å². The van der Waals surface area contributed by atoms with Gasteiger partial charge in [0.2, 0.25) is 6.10 Å². The molecule has 0 aliphatic heterocycles. The lowest BCUT2D eigenvalue weighted by Crippen LogP contribution is -2.33. The lowest BCUT2D eigenvalue weighted by Gasteiger charge is -2.19. The van der Waals surface area contributed by atoms with E-state index >= 15 is 0 Å². The lowest BCUT2D eigenvalue weighted by atomic mass is 10.1. The third-order valence-corrected chi connectivity index (χ3v) is 5.01. The predicted molar refractivity (Wildman–Crippen MR) is 109 cm³/mol. The molecule has 0 saturated heterocycles. The van der Waals surface area contributed by atoms with Crippen LogP contribution in [0.2, 0.25) is 0 Å². The Morgan fingerprint density at radius 2 is 1.75 bits per heavy atom. The van der Waals surface area contributed by atoms with E-state index in [9.17, 15) is 9.59 Å². The molecule has 144 valence electrons. The van der Waals surface area contributed by atoms with Crippen molar-refractivity contribution in [2.75, 3.05) is 13.7 Å². The molecule has 0 fully saturated rings. The summed E-state index contributed by atoms with van der Waals surface area (Å²) in [6, 6.07) is 20.3. The zero-order valence-electron chi connectivity index (χ0n) is 15.5. The first-order valence-electron chi connectivity index (χ1n) is 8.88. The first kappa shape index (κ1) is 19.6. The number of methoxy groups -OCH3 is 1. The van der Waals surface area contributed by atoms with Gasteiger partial charge in [0.05, 0.1) is 7.11 Å². The molecule has 1 heterocycles. The van der Waals surface area contributed by atoms with Crippen molar-refractivity contribution >= 4 is 23.2 Å². The van der Waals surface area contributed by atoms with Crippen LogP contribution in [-0.4, -0.2) is 25.5 Å². The van der Waals surface area contributed by atoms with E-state index in [1.807, 2.05) is 30.3 Å². The fourth-order valence-electron chi connectivity index (χ4n) is 2.77. The van der Waals surface area contributed by atoms with E-state index in [-0.39, 0.29) is 5.91 Å². The zero-order chi connectivity index (χ0) is 19.8. The van der Waals surface area contributed by atoms with Crippen LogP contribution >= 0.6 is 11.3 Å². The van der Waals surface area contributed by atoms with Crippen LogP contribution in [0.5, 0.6) is 5.75 Å². The molecule has 0 radical (unpaired) electrons. The number of carbonyl (C=O) groups excluding carboxylic acids is 2. The van der Waals surface area contributed by atoms with Gasteiger partial charge < -0.3 is 14.8 Å². The van der Waals surface area contributed by atoms with Gasteiger partial charge in [-0.1, -0.05) is 54.6 Å². The van der Waals surface area contributed by atoms with Gasteiger partial charge in [-0.3, -0.25) is 4.79 Å². The van der Waals surface area contributed by atoms with Crippen molar-refractivity contribution in [3.63, 3.8) is 0 Å². The maximum absolute atomic E-state index is 12.9. The first-order valence-corrected chi connectivity index (χ1v) is 9.76. The smallest absolute Gasteiger partial charge is 0.349 e. The second-order valence-electron chi connectivity index (χ2n) is 6.03. The van der Waals surface area contributed by atoms with E-state index in [4.69, 9.17) is 9.47 Å². The number of thiophene rings is 1. The predicted octanol–water partition coefficient (Wildman–Crippen LogP) is 4.01. The van der Waals surface area contributed by atoms with Crippen LogP contribution in [0.3, 0.4) is 0 Å². The summed E-state index contributed by atoms with van der Waals surface area (Å²) in [4.78, 5) is 25.8. The number of hydrogen-bond donors (Lipinski definition) is 1. The highest BCUT2D eigenvalue weighted by Crippen LogP contribution is 2.29. The zero-order valence-corrected chi connectivity index (χ0v) is 16.3. The minimum atomic E-state index is -1.10. The number of para-hydroxylation sites is 1. The van der Waals surface area contributed by atoms with Crippen molar-refractivity contribution in [2.45, 2.75) is 12.5 Å². The van der Waals surface area contributed by atoms with Gasteiger partial charge in [0, 0.05) is 12.1 Å². The minimum Gasteiger partial charge on any atom is -0.496 e. The molecule has 1 amide bonds. The SMILES string of the molecule is COc1ccccc1C(OC(=O)c1cccs1)C(=O)NCCc1ccccc1. The van der Waals surface area contributed by atoms with E-state index in [1.165, 1.54) is 18.4 Å². The molecule has 6 heteroatoms. The summed E-state index contributed by atoms with van der Waals surface area (Å²) in [6.45, 7) is 0.436. The van der Waals surface area contributed by atoms with Crippen LogP contribution in [0.25, 0.3) is 0 Å². The largest absolute Gasteiger partial charge is 0.496 e. The number of amides is 1. The fraction of sp³-hybridized carbons (Fsp3) is 0.182. The van der Waals surface area contributed by atoms with Gasteiger partial charge in [-0.05, 0) is 29.5 Å². The molecule has 5 nitrogen and oxygen atoms in total. The van der Waals surface area contributed by atoms with Crippen molar-refractivity contribution in [3.05, 3.63) is 88.1 Å². The highest BCUT2D eigenvalue weighted by Gasteiger charge is 2.28. The molecule has 1 N–H and O–H groups in total. The van der Waals surface area contributed by atoms with Gasteiger partial charge in [0.1, 0.15) is 10.6 Å². The molecule has 2 aromatic carbocycles. The molecule has 3 rings (SSSR count). The molecule has 1 atom stereocenters. The maximum Gasteiger partial charge on any atom is 0.349 e. The van der Waals surface area contributed by atoms with E-state index < -0.39 is 12.1 Å². The van der Waals surface area contributed by atoms with Gasteiger partial charge in [0.25, 0.3) is 5.91 Å². The third kappa shape index (κ3) is 4.98. The molecular weight excluding hydrogens is 374 g/mol. The molecule has 0 bridgehead atoms. The van der Waals surface area contributed by atoms with Gasteiger partial charge in [-0.25, -0.2) is 4.79 Å². The summed E-state index contributed by atoms with van der Waals surface area (Å²) in [6.07, 6.45) is -0.411. The fourth-order valence-corrected chi connectivity index (χ4v) is 3.37. The second kappa shape index (κ2) is 9.71. The molecule has 3 aromatic rings. The Bertz CT molecular complexity index is 909. The minimum absolute atomic E-state index is 0.384. The molecule has 0 saturated carbocycles. The van der Waals surface area contributed by atoms with E-state index in [0.29, 0.717) is 29.2 Å². The van der Waals surface area contributed by atoms with Crippen LogP contribution in [0.4, 0.5) is 0 Å². The van der Waals surface area contributed by atoms with E-state index in [1.54, 1.807) is 41.8 Å². The molecule has 28 heavy (non-hydrogen) atoms. The summed E-state index contributed by atoms with van der Waals surface area (Å²) in [5, 5.41) is 4.65. The summed E-state index contributed by atoms with van der Waals surface area (Å²) >= 11 is 1.27. The molecule has 1 unspecified atom stereocenters. The number of benzene rings is 2. The van der Waals surface area contributed by atoms with E-state index in [0.717, 1.165) is 5.56 Å². The van der Waals surface area contributed by atoms with Crippen LogP contribution < -0.4 is 10.1 Å². The Labute approximate surface area is 167 Å². The highest BCUT2D eigenvalue weighted by molar-refractivity contribution is 7.11. The normalized spacial score (nSPS) is 11.5. The Morgan fingerprint density at radius 1 is 1.00 bits per heavy atom. The number of rotatable bonds is 8. The van der Waals surface area contributed by atoms with Crippen molar-refractivity contribution in [2.24, 2.45) is 0 Å². The second-order valence-corrected chi connectivity index (χ2v) is 6.98. The average molecular weight is 395 g/mol. The molecule has 0 aliphatic rings. The summed E-state index contributed by atoms with van der Waals surface area (Å²) in [7, 11) is 1.52. The van der Waals surface area contributed by atoms with Crippen LogP contribution in [-0.2, 0) is 16.0 Å². The Balaban J connectivity index is 1.75. The van der Waals surface area contributed by atoms with Crippen molar-refractivity contribution < 1.29 is 19.1 Å². The molecule has 0 spiro atoms. The van der Waals surface area contributed by atoms with Crippen LogP contribution in [0.1, 0.15) is 26.9 Å². The van der Waals surface area contributed by atoms with E-state index in [2.05, 4.69) is 5.32 Å². The molecule has 0 aliphatic carbocycles. The average Bonchev–Trinajstić information content (AvgIpc) is 3.27. The van der Waals surface area contributed by atoms with Crippen molar-refractivity contribution in [1.29, 1.82) is 0 Å². The van der Waals surface area contributed by atoms with Crippen molar-refractivity contribution in [1.82, 2.24) is 5.32 Å². The van der Waals surface area contributed by atoms with Crippen LogP contribution in [0.15, 0.2) is 72.1 Å². The van der Waals surface area contributed by atoms with Gasteiger partial charge in [-0.15, -0.1) is 11.3 Å². The quantitative estimate of drug-likeness (QED) is 0.585. The standard InChI is InChI=1S/C22H21NO4S/c1-26-18-11-6-5-10-17(18)20(27-22(25)19-12-7-15-28-19)21(24)23-14-13-16-8-3-2-4-9-16/h2-12,15,20H,13-14H2,1H3,(H,23,24). The maximum atomic E-state index is 12.9. The topological polar surface area (TPSA) is 64.6 Å². The number of hydrogen-bond acceptors (Lipinski definition) is 5. The summed E-state index contributed by atoms with van der Waals surface area (Å²) in [5.41, 5.74) is 1.62. The Morgan fingerprint density at radius 3 is 2.46 bits per heavy atom. The number of esters is 1. The number of carbonyl (C=O) groups is 2. The van der Waals surface area contributed by atoms with Gasteiger partial charge in [0.15, 0.2) is 0 Å². The number of ether oxygens (including phenoxy) is 2. The lowest BCUT2D eigenvalue weighted by molar-refractivity contribution is -0.130. The summed E-state index contributed by atoms with van der Waals surface area (Å²) in [5.74, 6) is -0.431. The first-order chi connectivity index (χ1) is 13.7. The summed E-state index contributed by atoms with van der Waals surface area (Å²) < 4.78 is 10.9. The van der Waals surface area contributed by atoms with Gasteiger partial charge >= 0.3 is 5.97 Å². The third-order valence-electron chi connectivity index (χ3n) is 4.16.